The van der Waals surface area contributed by atoms with Crippen LogP contribution >= 0.6 is 23.4 Å². The Morgan fingerprint density at radius 3 is 2.53 bits per heavy atom. The Kier molecular flexibility index (Phi) is 6.21. The van der Waals surface area contributed by atoms with Crippen LogP contribution in [-0.4, -0.2) is 11.1 Å². The monoisotopic (exact) mass is 434 g/mol. The third kappa shape index (κ3) is 5.12. The third-order valence-electron chi connectivity index (χ3n) is 4.43. The van der Waals surface area contributed by atoms with Crippen molar-refractivity contribution < 1.29 is 9.53 Å². The number of carbonyl (C=O) groups excluding carboxylic acids is 1. The molecule has 3 aromatic rings. The minimum Gasteiger partial charge on any atom is -0.488 e. The Morgan fingerprint density at radius 1 is 1.03 bits per heavy atom. The average Bonchev–Trinajstić information content (AvgIpc) is 3.09. The number of nitrogens with zero attached hydrogens (tertiary/aromatic N) is 1. The van der Waals surface area contributed by atoms with E-state index in [1.165, 1.54) is 17.3 Å². The Hall–Kier alpha value is -3.02. The van der Waals surface area contributed by atoms with Gasteiger partial charge in [-0.25, -0.2) is 4.99 Å². The number of amides is 1. The second kappa shape index (κ2) is 9.20. The van der Waals surface area contributed by atoms with Crippen LogP contribution in [-0.2, 0) is 11.4 Å². The molecule has 0 atom stereocenters. The van der Waals surface area contributed by atoms with Crippen molar-refractivity contribution in [1.82, 2.24) is 5.32 Å². The summed E-state index contributed by atoms with van der Waals surface area (Å²) in [7, 11) is 0. The topological polar surface area (TPSA) is 50.7 Å². The van der Waals surface area contributed by atoms with E-state index >= 15 is 0 Å². The molecule has 1 fully saturated rings. The highest BCUT2D eigenvalue weighted by molar-refractivity contribution is 8.18. The normalized spacial score (nSPS) is 16.1. The predicted molar refractivity (Wildman–Crippen MR) is 124 cm³/mol. The molecule has 4 nitrogen and oxygen atoms in total. The summed E-state index contributed by atoms with van der Waals surface area (Å²) in [5.74, 6) is 0.545. The molecule has 150 valence electrons. The number of aliphatic imine (C=N–C) groups is 1. The van der Waals surface area contributed by atoms with Gasteiger partial charge in [-0.3, -0.25) is 4.79 Å². The first-order valence-electron chi connectivity index (χ1n) is 9.39. The fraction of sp³-hybridized carbons (Fsp3) is 0.0833. The molecule has 6 heteroatoms. The lowest BCUT2D eigenvalue weighted by molar-refractivity contribution is -0.115. The molecule has 3 aromatic carbocycles. The fourth-order valence-electron chi connectivity index (χ4n) is 2.83. The first-order valence-corrected chi connectivity index (χ1v) is 10.6. The van der Waals surface area contributed by atoms with Gasteiger partial charge in [0.15, 0.2) is 5.17 Å². The molecule has 1 aliphatic heterocycles. The molecule has 0 aliphatic carbocycles. The molecule has 0 radical (unpaired) electrons. The molecule has 0 spiro atoms. The van der Waals surface area contributed by atoms with Crippen molar-refractivity contribution in [3.05, 3.63) is 99.4 Å². The van der Waals surface area contributed by atoms with Crippen molar-refractivity contribution in [1.29, 1.82) is 0 Å². The maximum absolute atomic E-state index is 12.4. The van der Waals surface area contributed by atoms with Crippen LogP contribution in [0.5, 0.6) is 5.75 Å². The van der Waals surface area contributed by atoms with Crippen LogP contribution in [0, 0.1) is 6.92 Å². The van der Waals surface area contributed by atoms with Gasteiger partial charge < -0.3 is 10.1 Å². The number of para-hydroxylation sites is 1. The summed E-state index contributed by atoms with van der Waals surface area (Å²) < 4.78 is 6.01. The van der Waals surface area contributed by atoms with E-state index in [4.69, 9.17) is 16.3 Å². The largest absolute Gasteiger partial charge is 0.488 e. The van der Waals surface area contributed by atoms with E-state index in [1.807, 2.05) is 30.3 Å². The van der Waals surface area contributed by atoms with E-state index in [2.05, 4.69) is 41.5 Å². The number of ether oxygens (including phenoxy) is 1. The van der Waals surface area contributed by atoms with Crippen LogP contribution in [0.2, 0.25) is 5.02 Å². The summed E-state index contributed by atoms with van der Waals surface area (Å²) in [6.07, 6.45) is 1.83. The number of aryl methyl sites for hydroxylation is 1. The lowest BCUT2D eigenvalue weighted by atomic mass is 10.1. The summed E-state index contributed by atoms with van der Waals surface area (Å²) in [5, 5.41) is 3.98. The van der Waals surface area contributed by atoms with Gasteiger partial charge in [0.2, 0.25) is 0 Å². The van der Waals surface area contributed by atoms with Crippen molar-refractivity contribution >= 4 is 46.2 Å². The maximum atomic E-state index is 12.4. The molecule has 0 unspecified atom stereocenters. The highest BCUT2D eigenvalue weighted by Gasteiger charge is 2.24. The summed E-state index contributed by atoms with van der Waals surface area (Å²) >= 11 is 7.21. The third-order valence-corrected chi connectivity index (χ3v) is 5.59. The second-order valence-corrected chi connectivity index (χ2v) is 8.24. The minimum atomic E-state index is -0.180. The van der Waals surface area contributed by atoms with Crippen LogP contribution in [0.3, 0.4) is 0 Å². The predicted octanol–water partition coefficient (Wildman–Crippen LogP) is 6.12. The molecule has 1 saturated heterocycles. The smallest absolute Gasteiger partial charge is 0.264 e. The molecular weight excluding hydrogens is 416 g/mol. The molecule has 0 aromatic heterocycles. The molecule has 0 bridgehead atoms. The number of benzene rings is 3. The fourth-order valence-corrected chi connectivity index (χ4v) is 3.79. The number of halogens is 1. The Bertz CT molecular complexity index is 1120. The van der Waals surface area contributed by atoms with Gasteiger partial charge >= 0.3 is 0 Å². The average molecular weight is 435 g/mol. The number of nitrogens with one attached hydrogen (secondary N) is 1. The number of amidine groups is 1. The number of thioether (sulfide) groups is 1. The van der Waals surface area contributed by atoms with Gasteiger partial charge in [0.05, 0.1) is 10.6 Å². The van der Waals surface area contributed by atoms with E-state index in [1.54, 1.807) is 24.3 Å². The van der Waals surface area contributed by atoms with E-state index in [0.29, 0.717) is 21.7 Å². The van der Waals surface area contributed by atoms with E-state index in [9.17, 15) is 4.79 Å². The summed E-state index contributed by atoms with van der Waals surface area (Å²) in [5.41, 5.74) is 3.87. The Labute approximate surface area is 184 Å². The number of hydrogen-bond donors (Lipinski definition) is 1. The van der Waals surface area contributed by atoms with Gasteiger partial charge in [0, 0.05) is 10.6 Å². The van der Waals surface area contributed by atoms with Gasteiger partial charge in [-0.15, -0.1) is 0 Å². The summed E-state index contributed by atoms with van der Waals surface area (Å²) in [6, 6.07) is 23.0. The zero-order valence-corrected chi connectivity index (χ0v) is 17.8. The van der Waals surface area contributed by atoms with Crippen LogP contribution < -0.4 is 10.1 Å². The van der Waals surface area contributed by atoms with E-state index in [-0.39, 0.29) is 5.91 Å². The SMILES string of the molecule is Cc1ccc(COc2ccccc2/C=C2\SC(=Nc3ccc(Cl)cc3)NC2=O)cc1. The van der Waals surface area contributed by atoms with Crippen LogP contribution in [0.15, 0.2) is 82.7 Å². The quantitative estimate of drug-likeness (QED) is 0.492. The van der Waals surface area contributed by atoms with Gasteiger partial charge in [0.1, 0.15) is 12.4 Å². The van der Waals surface area contributed by atoms with Gasteiger partial charge in [-0.2, -0.15) is 0 Å². The highest BCUT2D eigenvalue weighted by atomic mass is 35.5. The number of hydrogen-bond acceptors (Lipinski definition) is 4. The van der Waals surface area contributed by atoms with Crippen LogP contribution in [0.25, 0.3) is 6.08 Å². The van der Waals surface area contributed by atoms with Gasteiger partial charge in [0.25, 0.3) is 5.91 Å². The minimum absolute atomic E-state index is 0.180. The van der Waals surface area contributed by atoms with Crippen molar-refractivity contribution in [2.24, 2.45) is 4.99 Å². The molecule has 30 heavy (non-hydrogen) atoms. The van der Waals surface area contributed by atoms with Crippen LogP contribution in [0.4, 0.5) is 5.69 Å². The van der Waals surface area contributed by atoms with Gasteiger partial charge in [-0.1, -0.05) is 59.6 Å². The van der Waals surface area contributed by atoms with Crippen LogP contribution in [0.1, 0.15) is 16.7 Å². The van der Waals surface area contributed by atoms with E-state index in [0.717, 1.165) is 22.6 Å². The zero-order chi connectivity index (χ0) is 20.9. The summed E-state index contributed by atoms with van der Waals surface area (Å²) in [4.78, 5) is 17.4. The lowest BCUT2D eigenvalue weighted by Crippen LogP contribution is -2.19. The molecule has 1 heterocycles. The molecule has 4 rings (SSSR count). The second-order valence-electron chi connectivity index (χ2n) is 6.77. The number of rotatable bonds is 5. The Morgan fingerprint density at radius 2 is 1.77 bits per heavy atom. The standard InChI is InChI=1S/C24H19ClN2O2S/c1-16-6-8-17(9-7-16)15-29-21-5-3-2-4-18(21)14-22-23(28)27-24(30-22)26-20-12-10-19(25)11-13-20/h2-14H,15H2,1H3,(H,26,27,28)/b22-14-. The molecule has 0 saturated carbocycles. The van der Waals surface area contributed by atoms with Crippen molar-refractivity contribution in [2.75, 3.05) is 0 Å². The molecule has 1 aliphatic rings. The van der Waals surface area contributed by atoms with Crippen molar-refractivity contribution in [3.8, 4) is 5.75 Å². The lowest BCUT2D eigenvalue weighted by Gasteiger charge is -2.10. The summed E-state index contributed by atoms with van der Waals surface area (Å²) in [6.45, 7) is 2.52. The molecular formula is C24H19ClN2O2S. The van der Waals surface area contributed by atoms with Crippen molar-refractivity contribution in [3.63, 3.8) is 0 Å². The highest BCUT2D eigenvalue weighted by Crippen LogP contribution is 2.31. The maximum Gasteiger partial charge on any atom is 0.264 e. The first kappa shape index (κ1) is 20.3. The Balaban J connectivity index is 1.51. The van der Waals surface area contributed by atoms with E-state index < -0.39 is 0 Å². The zero-order valence-electron chi connectivity index (χ0n) is 16.3. The van der Waals surface area contributed by atoms with Crippen molar-refractivity contribution in [2.45, 2.75) is 13.5 Å². The first-order chi connectivity index (χ1) is 14.6. The molecule has 1 N–H and O–H groups in total. The van der Waals surface area contributed by atoms with Gasteiger partial charge in [-0.05, 0) is 60.7 Å². The molecule has 1 amide bonds. The number of carbonyl (C=O) groups is 1.